The van der Waals surface area contributed by atoms with Crippen molar-refractivity contribution in [2.45, 2.75) is 6.61 Å². The summed E-state index contributed by atoms with van der Waals surface area (Å²) in [5.74, 6) is 0.208. The molecular weight excluding hydrogens is 351 g/mol. The van der Waals surface area contributed by atoms with Gasteiger partial charge in [0, 0.05) is 17.6 Å². The van der Waals surface area contributed by atoms with E-state index in [1.54, 1.807) is 25.2 Å². The van der Waals surface area contributed by atoms with Gasteiger partial charge in [0.1, 0.15) is 25.7 Å². The molecule has 2 aromatic carbocycles. The molecule has 5 nitrogen and oxygen atoms in total. The van der Waals surface area contributed by atoms with E-state index >= 15 is 0 Å². The summed E-state index contributed by atoms with van der Waals surface area (Å²) in [6, 6.07) is 12.4. The van der Waals surface area contributed by atoms with Crippen LogP contribution >= 0.6 is 23.2 Å². The fourth-order valence-corrected chi connectivity index (χ4v) is 2.47. The molecule has 0 unspecified atom stereocenters. The number of nitrogens with zero attached hydrogens (tertiary/aromatic N) is 2. The summed E-state index contributed by atoms with van der Waals surface area (Å²) < 4.78 is 5.74. The molecule has 0 atom stereocenters. The molecule has 0 aliphatic carbocycles. The number of hydrogen-bond donors (Lipinski definition) is 0. The smallest absolute Gasteiger partial charge is 0.272 e. The summed E-state index contributed by atoms with van der Waals surface area (Å²) in [4.78, 5) is 18.0. The third-order valence-electron chi connectivity index (χ3n) is 3.23. The Hall–Kier alpha value is -2.24. The van der Waals surface area contributed by atoms with Gasteiger partial charge in [0.25, 0.3) is 5.91 Å². The molecule has 0 radical (unpaired) electrons. The molecule has 7 heteroatoms. The molecule has 0 spiro atoms. The number of benzene rings is 2. The van der Waals surface area contributed by atoms with Crippen molar-refractivity contribution in [2.24, 2.45) is 5.16 Å². The second-order valence-electron chi connectivity index (χ2n) is 4.81. The molecule has 2 aromatic rings. The summed E-state index contributed by atoms with van der Waals surface area (Å²) in [5, 5.41) is 4.45. The van der Waals surface area contributed by atoms with Crippen LogP contribution < -0.4 is 9.64 Å². The maximum Gasteiger partial charge on any atom is 0.272 e. The minimum absolute atomic E-state index is 0.247. The van der Waals surface area contributed by atoms with Crippen LogP contribution in [0.3, 0.4) is 0 Å². The van der Waals surface area contributed by atoms with E-state index in [0.717, 1.165) is 11.8 Å². The SMILES string of the molecule is CON=CC(=O)N(C)c1ccccc1COc1ccc(Cl)cc1Cl. The van der Waals surface area contributed by atoms with Crippen LogP contribution in [-0.2, 0) is 16.2 Å². The van der Waals surface area contributed by atoms with Gasteiger partial charge in [-0.15, -0.1) is 0 Å². The number of rotatable bonds is 6. The van der Waals surface area contributed by atoms with Crippen molar-refractivity contribution in [1.29, 1.82) is 0 Å². The van der Waals surface area contributed by atoms with Gasteiger partial charge in [-0.05, 0) is 24.3 Å². The van der Waals surface area contributed by atoms with Crippen molar-refractivity contribution in [3.8, 4) is 5.75 Å². The molecular formula is C17H16Cl2N2O3. The third kappa shape index (κ3) is 4.63. The average Bonchev–Trinajstić information content (AvgIpc) is 2.58. The lowest BCUT2D eigenvalue weighted by molar-refractivity contribution is -0.112. The number of para-hydroxylation sites is 1. The Morgan fingerprint density at radius 3 is 2.71 bits per heavy atom. The van der Waals surface area contributed by atoms with E-state index in [1.807, 2.05) is 24.3 Å². The number of ether oxygens (including phenoxy) is 1. The fraction of sp³-hybridized carbons (Fsp3) is 0.176. The Labute approximate surface area is 150 Å². The van der Waals surface area contributed by atoms with E-state index in [4.69, 9.17) is 27.9 Å². The molecule has 0 aliphatic heterocycles. The van der Waals surface area contributed by atoms with Gasteiger partial charge < -0.3 is 14.5 Å². The summed E-state index contributed by atoms with van der Waals surface area (Å²) in [6.07, 6.45) is 1.10. The normalized spacial score (nSPS) is 10.7. The quantitative estimate of drug-likeness (QED) is 0.569. The second kappa shape index (κ2) is 8.57. The highest BCUT2D eigenvalue weighted by molar-refractivity contribution is 6.35. The van der Waals surface area contributed by atoms with E-state index in [1.165, 1.54) is 12.0 Å². The van der Waals surface area contributed by atoms with Crippen LogP contribution in [0.5, 0.6) is 5.75 Å². The largest absolute Gasteiger partial charge is 0.487 e. The van der Waals surface area contributed by atoms with Crippen molar-refractivity contribution >= 4 is 41.0 Å². The number of hydrogen-bond acceptors (Lipinski definition) is 4. The first-order chi connectivity index (χ1) is 11.5. The van der Waals surface area contributed by atoms with Crippen molar-refractivity contribution in [2.75, 3.05) is 19.1 Å². The lowest BCUT2D eigenvalue weighted by Crippen LogP contribution is -2.28. The molecule has 0 bridgehead atoms. The zero-order chi connectivity index (χ0) is 17.5. The van der Waals surface area contributed by atoms with E-state index in [0.29, 0.717) is 21.5 Å². The number of oxime groups is 1. The fourth-order valence-electron chi connectivity index (χ4n) is 2.01. The van der Waals surface area contributed by atoms with Crippen molar-refractivity contribution in [1.82, 2.24) is 0 Å². The van der Waals surface area contributed by atoms with Gasteiger partial charge in [-0.25, -0.2) is 0 Å². The predicted octanol–water partition coefficient (Wildman–Crippen LogP) is 4.17. The maximum atomic E-state index is 12.0. The van der Waals surface area contributed by atoms with Gasteiger partial charge in [0.2, 0.25) is 0 Å². The Bertz CT molecular complexity index is 750. The highest BCUT2D eigenvalue weighted by atomic mass is 35.5. The van der Waals surface area contributed by atoms with Gasteiger partial charge in [0.05, 0.1) is 10.7 Å². The van der Waals surface area contributed by atoms with Crippen molar-refractivity contribution in [3.05, 3.63) is 58.1 Å². The highest BCUT2D eigenvalue weighted by Crippen LogP contribution is 2.29. The highest BCUT2D eigenvalue weighted by Gasteiger charge is 2.13. The van der Waals surface area contributed by atoms with E-state index < -0.39 is 0 Å². The number of carbonyl (C=O) groups excluding carboxylic acids is 1. The molecule has 24 heavy (non-hydrogen) atoms. The summed E-state index contributed by atoms with van der Waals surface area (Å²) in [7, 11) is 3.03. The lowest BCUT2D eigenvalue weighted by atomic mass is 10.1. The number of anilines is 1. The van der Waals surface area contributed by atoms with E-state index in [9.17, 15) is 4.79 Å². The summed E-state index contributed by atoms with van der Waals surface area (Å²) in [6.45, 7) is 0.247. The minimum Gasteiger partial charge on any atom is -0.487 e. The number of halogens is 2. The van der Waals surface area contributed by atoms with Gasteiger partial charge >= 0.3 is 0 Å². The molecule has 0 fully saturated rings. The van der Waals surface area contributed by atoms with Gasteiger partial charge in [-0.3, -0.25) is 4.79 Å². The zero-order valence-electron chi connectivity index (χ0n) is 13.2. The third-order valence-corrected chi connectivity index (χ3v) is 3.76. The van der Waals surface area contributed by atoms with Crippen LogP contribution in [0.4, 0.5) is 5.69 Å². The number of carbonyl (C=O) groups is 1. The number of amides is 1. The Morgan fingerprint density at radius 2 is 2.00 bits per heavy atom. The lowest BCUT2D eigenvalue weighted by Gasteiger charge is -2.19. The topological polar surface area (TPSA) is 51.1 Å². The molecule has 0 aliphatic rings. The van der Waals surface area contributed by atoms with Crippen molar-refractivity contribution in [3.63, 3.8) is 0 Å². The second-order valence-corrected chi connectivity index (χ2v) is 5.65. The minimum atomic E-state index is -0.311. The molecule has 1 amide bonds. The first-order valence-electron chi connectivity index (χ1n) is 7.03. The van der Waals surface area contributed by atoms with Crippen LogP contribution in [0.2, 0.25) is 10.0 Å². The first-order valence-corrected chi connectivity index (χ1v) is 7.78. The van der Waals surface area contributed by atoms with Gasteiger partial charge in [0.15, 0.2) is 0 Å². The van der Waals surface area contributed by atoms with Crippen LogP contribution in [0.25, 0.3) is 0 Å². The van der Waals surface area contributed by atoms with Crippen LogP contribution in [-0.4, -0.2) is 26.3 Å². The van der Waals surface area contributed by atoms with Gasteiger partial charge in [-0.1, -0.05) is 46.6 Å². The predicted molar refractivity (Wildman–Crippen MR) is 96.1 cm³/mol. The zero-order valence-corrected chi connectivity index (χ0v) is 14.7. The molecule has 0 heterocycles. The van der Waals surface area contributed by atoms with Crippen LogP contribution in [0, 0.1) is 0 Å². The molecule has 0 saturated heterocycles. The summed E-state index contributed by atoms with van der Waals surface area (Å²) in [5.41, 5.74) is 1.53. The molecule has 0 N–H and O–H groups in total. The molecule has 0 saturated carbocycles. The molecule has 2 rings (SSSR count). The Balaban J connectivity index is 2.16. The van der Waals surface area contributed by atoms with Crippen LogP contribution in [0.15, 0.2) is 47.6 Å². The van der Waals surface area contributed by atoms with E-state index in [2.05, 4.69) is 9.99 Å². The molecule has 126 valence electrons. The monoisotopic (exact) mass is 366 g/mol. The maximum absolute atomic E-state index is 12.0. The van der Waals surface area contributed by atoms with E-state index in [-0.39, 0.29) is 12.5 Å². The average molecular weight is 367 g/mol. The Kier molecular flexibility index (Phi) is 6.46. The van der Waals surface area contributed by atoms with Crippen molar-refractivity contribution < 1.29 is 14.4 Å². The van der Waals surface area contributed by atoms with Gasteiger partial charge in [-0.2, -0.15) is 0 Å². The molecule has 0 aromatic heterocycles. The Morgan fingerprint density at radius 1 is 1.25 bits per heavy atom. The summed E-state index contributed by atoms with van der Waals surface area (Å²) >= 11 is 12.0. The standard InChI is InChI=1S/C17H16Cl2N2O3/c1-21(17(22)10-20-23-2)15-6-4-3-5-12(15)11-24-16-8-7-13(18)9-14(16)19/h3-10H,11H2,1-2H3. The first kappa shape index (κ1) is 18.1. The van der Waals surface area contributed by atoms with Crippen LogP contribution in [0.1, 0.15) is 5.56 Å².